The monoisotopic (exact) mass is 293 g/mol. The zero-order valence-corrected chi connectivity index (χ0v) is 11.3. The van der Waals surface area contributed by atoms with Crippen molar-refractivity contribution in [3.05, 3.63) is 39.5 Å². The van der Waals surface area contributed by atoms with Gasteiger partial charge in [-0.1, -0.05) is 58.5 Å². The molecule has 5 heteroatoms. The molecule has 0 atom stereocenters. The Morgan fingerprint density at radius 2 is 1.81 bits per heavy atom. The average Bonchev–Trinajstić information content (AvgIpc) is 2.22. The molecule has 0 bridgehead atoms. The summed E-state index contributed by atoms with van der Waals surface area (Å²) in [4.78, 5) is 3.53. The lowest BCUT2D eigenvalue weighted by Crippen LogP contribution is -1.94. The first-order chi connectivity index (χ1) is 7.52. The van der Waals surface area contributed by atoms with Gasteiger partial charge in [0.15, 0.2) is 4.84 Å². The van der Waals surface area contributed by atoms with Crippen molar-refractivity contribution in [3.63, 3.8) is 0 Å². The standard InChI is InChI=1S/C11H7Cl4N/c1-5-3-2-4-6-7(5)8(12)9(13)10(16-6)11(14)15/h2-4,11H,1H3. The predicted octanol–water partition coefficient (Wildman–Crippen LogP) is 5.33. The van der Waals surface area contributed by atoms with Crippen LogP contribution in [0.25, 0.3) is 10.9 Å². The molecule has 0 spiro atoms. The molecule has 1 aromatic carbocycles. The molecular formula is C11H7Cl4N. The van der Waals surface area contributed by atoms with Gasteiger partial charge in [-0.2, -0.15) is 0 Å². The van der Waals surface area contributed by atoms with Crippen LogP contribution in [-0.4, -0.2) is 4.98 Å². The minimum atomic E-state index is -0.782. The fourth-order valence-corrected chi connectivity index (χ4v) is 2.59. The van der Waals surface area contributed by atoms with Gasteiger partial charge in [-0.15, -0.1) is 0 Å². The molecule has 0 aliphatic rings. The van der Waals surface area contributed by atoms with Gasteiger partial charge in [-0.05, 0) is 18.6 Å². The third kappa shape index (κ3) is 1.98. The van der Waals surface area contributed by atoms with E-state index in [0.29, 0.717) is 15.7 Å². The van der Waals surface area contributed by atoms with Crippen molar-refractivity contribution in [1.82, 2.24) is 4.98 Å². The normalized spacial score (nSPS) is 11.4. The lowest BCUT2D eigenvalue weighted by molar-refractivity contribution is 1.18. The van der Waals surface area contributed by atoms with Gasteiger partial charge in [0.25, 0.3) is 0 Å². The summed E-state index contributed by atoms with van der Waals surface area (Å²) >= 11 is 23.8. The number of hydrogen-bond acceptors (Lipinski definition) is 1. The Bertz CT molecular complexity index is 551. The van der Waals surface area contributed by atoms with Crippen molar-refractivity contribution in [3.8, 4) is 0 Å². The molecule has 1 nitrogen and oxygen atoms in total. The molecule has 0 fully saturated rings. The van der Waals surface area contributed by atoms with Crippen LogP contribution in [0.2, 0.25) is 10.0 Å². The van der Waals surface area contributed by atoms with Crippen LogP contribution < -0.4 is 0 Å². The van der Waals surface area contributed by atoms with Crippen LogP contribution in [0.15, 0.2) is 18.2 Å². The summed E-state index contributed by atoms with van der Waals surface area (Å²) in [7, 11) is 0. The van der Waals surface area contributed by atoms with Gasteiger partial charge in [0.1, 0.15) is 0 Å². The number of pyridine rings is 1. The van der Waals surface area contributed by atoms with E-state index in [-0.39, 0.29) is 0 Å². The lowest BCUT2D eigenvalue weighted by Gasteiger charge is -2.10. The summed E-state index contributed by atoms with van der Waals surface area (Å²) in [5.74, 6) is 0. The van der Waals surface area contributed by atoms with E-state index in [0.717, 1.165) is 16.5 Å². The van der Waals surface area contributed by atoms with Gasteiger partial charge in [0.2, 0.25) is 0 Å². The third-order valence-corrected chi connectivity index (χ3v) is 3.61. The molecule has 0 aliphatic heterocycles. The highest BCUT2D eigenvalue weighted by Crippen LogP contribution is 2.38. The predicted molar refractivity (Wildman–Crippen MR) is 70.9 cm³/mol. The van der Waals surface area contributed by atoms with Crippen molar-refractivity contribution < 1.29 is 0 Å². The van der Waals surface area contributed by atoms with Crippen molar-refractivity contribution in [2.75, 3.05) is 0 Å². The van der Waals surface area contributed by atoms with Crippen molar-refractivity contribution in [2.45, 2.75) is 11.8 Å². The van der Waals surface area contributed by atoms with Gasteiger partial charge in [-0.25, -0.2) is 4.98 Å². The summed E-state index contributed by atoms with van der Waals surface area (Å²) in [5.41, 5.74) is 2.16. The van der Waals surface area contributed by atoms with Gasteiger partial charge in [0.05, 0.1) is 21.3 Å². The number of halogens is 4. The molecular weight excluding hydrogens is 288 g/mol. The molecule has 0 unspecified atom stereocenters. The van der Waals surface area contributed by atoms with Crippen LogP contribution in [0.4, 0.5) is 0 Å². The largest absolute Gasteiger partial charge is 0.248 e. The van der Waals surface area contributed by atoms with E-state index in [4.69, 9.17) is 46.4 Å². The Balaban J connectivity index is 2.88. The van der Waals surface area contributed by atoms with Gasteiger partial charge in [-0.3, -0.25) is 0 Å². The minimum Gasteiger partial charge on any atom is -0.248 e. The quantitative estimate of drug-likeness (QED) is 0.648. The van der Waals surface area contributed by atoms with E-state index in [2.05, 4.69) is 4.98 Å². The number of aromatic nitrogens is 1. The van der Waals surface area contributed by atoms with E-state index >= 15 is 0 Å². The van der Waals surface area contributed by atoms with E-state index in [1.165, 1.54) is 0 Å². The first kappa shape index (κ1) is 12.3. The van der Waals surface area contributed by atoms with E-state index in [1.807, 2.05) is 25.1 Å². The number of alkyl halides is 2. The molecule has 0 amide bonds. The van der Waals surface area contributed by atoms with Crippen LogP contribution in [0, 0.1) is 6.92 Å². The van der Waals surface area contributed by atoms with E-state index in [1.54, 1.807) is 0 Å². The Morgan fingerprint density at radius 3 is 2.44 bits per heavy atom. The molecule has 0 radical (unpaired) electrons. The van der Waals surface area contributed by atoms with Crippen LogP contribution in [0.5, 0.6) is 0 Å². The zero-order valence-electron chi connectivity index (χ0n) is 8.27. The van der Waals surface area contributed by atoms with Crippen LogP contribution in [0.1, 0.15) is 16.1 Å². The summed E-state index contributed by atoms with van der Waals surface area (Å²) in [6, 6.07) is 5.70. The fourth-order valence-electron chi connectivity index (χ4n) is 1.58. The van der Waals surface area contributed by atoms with Gasteiger partial charge in [0, 0.05) is 5.39 Å². The molecule has 84 valence electrons. The topological polar surface area (TPSA) is 12.9 Å². The molecule has 1 aromatic heterocycles. The SMILES string of the molecule is Cc1cccc2nc(C(Cl)Cl)c(Cl)c(Cl)c12. The molecule has 0 N–H and O–H groups in total. The van der Waals surface area contributed by atoms with E-state index in [9.17, 15) is 0 Å². The molecule has 2 aromatic rings. The number of benzene rings is 1. The maximum absolute atomic E-state index is 6.19. The molecule has 2 rings (SSSR count). The number of hydrogen-bond donors (Lipinski definition) is 0. The molecule has 0 aliphatic carbocycles. The number of aryl methyl sites for hydroxylation is 1. The lowest BCUT2D eigenvalue weighted by atomic mass is 10.1. The van der Waals surface area contributed by atoms with Crippen LogP contribution in [-0.2, 0) is 0 Å². The fraction of sp³-hybridized carbons (Fsp3) is 0.182. The smallest absolute Gasteiger partial charge is 0.151 e. The molecule has 0 saturated carbocycles. The Labute approximate surface area is 113 Å². The Morgan fingerprint density at radius 1 is 1.12 bits per heavy atom. The van der Waals surface area contributed by atoms with E-state index < -0.39 is 4.84 Å². The van der Waals surface area contributed by atoms with Crippen LogP contribution >= 0.6 is 46.4 Å². The summed E-state index contributed by atoms with van der Waals surface area (Å²) < 4.78 is 0. The minimum absolute atomic E-state index is 0.318. The molecule has 16 heavy (non-hydrogen) atoms. The van der Waals surface area contributed by atoms with Gasteiger partial charge < -0.3 is 0 Å². The second-order valence-electron chi connectivity index (χ2n) is 3.39. The first-order valence-electron chi connectivity index (χ1n) is 4.54. The van der Waals surface area contributed by atoms with Crippen molar-refractivity contribution in [1.29, 1.82) is 0 Å². The maximum atomic E-state index is 6.19. The number of nitrogens with zero attached hydrogens (tertiary/aromatic N) is 1. The molecule has 0 saturated heterocycles. The maximum Gasteiger partial charge on any atom is 0.151 e. The Kier molecular flexibility index (Phi) is 3.50. The summed E-state index contributed by atoms with van der Waals surface area (Å²) in [5, 5.41) is 1.61. The van der Waals surface area contributed by atoms with Crippen molar-refractivity contribution >= 4 is 57.3 Å². The number of rotatable bonds is 1. The third-order valence-electron chi connectivity index (χ3n) is 2.34. The first-order valence-corrected chi connectivity index (χ1v) is 6.17. The molecule has 1 heterocycles. The number of fused-ring (bicyclic) bond motifs is 1. The summed E-state index contributed by atoms with van der Waals surface area (Å²) in [6.45, 7) is 1.95. The van der Waals surface area contributed by atoms with Crippen LogP contribution in [0.3, 0.4) is 0 Å². The van der Waals surface area contributed by atoms with Crippen molar-refractivity contribution in [2.24, 2.45) is 0 Å². The summed E-state index contributed by atoms with van der Waals surface area (Å²) in [6.07, 6.45) is 0. The second-order valence-corrected chi connectivity index (χ2v) is 5.25. The highest BCUT2D eigenvalue weighted by atomic mass is 35.5. The highest BCUT2D eigenvalue weighted by molar-refractivity contribution is 6.48. The Hall–Kier alpha value is -0.210. The second kappa shape index (κ2) is 4.58. The zero-order chi connectivity index (χ0) is 11.9. The highest BCUT2D eigenvalue weighted by Gasteiger charge is 2.17. The average molecular weight is 295 g/mol. The van der Waals surface area contributed by atoms with Gasteiger partial charge >= 0.3 is 0 Å².